The number of rotatable bonds is 6. The number of anilines is 2. The van der Waals surface area contributed by atoms with Crippen LogP contribution in [0.2, 0.25) is 0 Å². The maximum atomic E-state index is 13.5. The molecule has 0 aliphatic rings. The van der Waals surface area contributed by atoms with Crippen LogP contribution in [0.1, 0.15) is 24.2 Å². The Kier molecular flexibility index (Phi) is 6.83. The van der Waals surface area contributed by atoms with Gasteiger partial charge in [0.05, 0.1) is 5.69 Å². The van der Waals surface area contributed by atoms with Crippen molar-refractivity contribution in [1.29, 1.82) is 0 Å². The van der Waals surface area contributed by atoms with Gasteiger partial charge in [-0.3, -0.25) is 14.5 Å². The van der Waals surface area contributed by atoms with Crippen LogP contribution >= 0.6 is 15.9 Å². The third kappa shape index (κ3) is 4.93. The largest absolute Gasteiger partial charge is 0.323 e. The summed E-state index contributed by atoms with van der Waals surface area (Å²) < 4.78 is 0.788. The van der Waals surface area contributed by atoms with E-state index in [1.54, 1.807) is 17.0 Å². The fourth-order valence-electron chi connectivity index (χ4n) is 3.20. The molecule has 0 bridgehead atoms. The van der Waals surface area contributed by atoms with Crippen molar-refractivity contribution in [3.63, 3.8) is 0 Å². The van der Waals surface area contributed by atoms with Gasteiger partial charge in [0, 0.05) is 15.7 Å². The third-order valence-corrected chi connectivity index (χ3v) is 5.28. The van der Waals surface area contributed by atoms with Gasteiger partial charge in [0.1, 0.15) is 6.04 Å². The van der Waals surface area contributed by atoms with E-state index in [0.29, 0.717) is 16.9 Å². The lowest BCUT2D eigenvalue weighted by Crippen LogP contribution is -2.50. The molecule has 0 spiro atoms. The van der Waals surface area contributed by atoms with Crippen LogP contribution < -0.4 is 10.2 Å². The molecule has 0 fully saturated rings. The minimum atomic E-state index is -0.683. The zero-order chi connectivity index (χ0) is 20.8. The smallest absolute Gasteiger partial charge is 0.259 e. The summed E-state index contributed by atoms with van der Waals surface area (Å²) >= 11 is 3.46. The van der Waals surface area contributed by atoms with E-state index in [-0.39, 0.29) is 17.7 Å². The van der Waals surface area contributed by atoms with Crippen LogP contribution in [0.4, 0.5) is 11.4 Å². The van der Waals surface area contributed by atoms with E-state index in [0.717, 1.165) is 4.47 Å². The standard InChI is InChI=1S/C24H23BrN2O2/c1-17(2)22(23(28)26-21-16-10-9-15-20(21)25)27(19-13-7-4-8-14-19)24(29)18-11-5-3-6-12-18/h3-17,22H,1-2H3,(H,26,28). The lowest BCUT2D eigenvalue weighted by Gasteiger charge is -2.33. The molecule has 1 unspecified atom stereocenters. The molecule has 3 aromatic carbocycles. The van der Waals surface area contributed by atoms with Gasteiger partial charge in [0.25, 0.3) is 5.91 Å². The van der Waals surface area contributed by atoms with Crippen LogP contribution in [0, 0.1) is 5.92 Å². The predicted molar refractivity (Wildman–Crippen MR) is 121 cm³/mol. The minimum Gasteiger partial charge on any atom is -0.323 e. The molecular weight excluding hydrogens is 428 g/mol. The van der Waals surface area contributed by atoms with Gasteiger partial charge >= 0.3 is 0 Å². The van der Waals surface area contributed by atoms with Crippen LogP contribution in [0.3, 0.4) is 0 Å². The molecule has 0 saturated heterocycles. The van der Waals surface area contributed by atoms with Gasteiger partial charge in [0.2, 0.25) is 5.91 Å². The highest BCUT2D eigenvalue weighted by Crippen LogP contribution is 2.27. The molecule has 0 aliphatic heterocycles. The lowest BCUT2D eigenvalue weighted by atomic mass is 9.99. The number of benzene rings is 3. The average Bonchev–Trinajstić information content (AvgIpc) is 2.74. The van der Waals surface area contributed by atoms with Crippen LogP contribution in [0.25, 0.3) is 0 Å². The summed E-state index contributed by atoms with van der Waals surface area (Å²) in [4.78, 5) is 28.4. The Morgan fingerprint density at radius 3 is 1.97 bits per heavy atom. The second kappa shape index (κ2) is 9.52. The number of halogens is 1. The number of para-hydroxylation sites is 2. The highest BCUT2D eigenvalue weighted by atomic mass is 79.9. The van der Waals surface area contributed by atoms with Crippen LogP contribution in [-0.4, -0.2) is 17.9 Å². The zero-order valence-corrected chi connectivity index (χ0v) is 18.0. The zero-order valence-electron chi connectivity index (χ0n) is 16.4. The van der Waals surface area contributed by atoms with E-state index in [1.807, 2.05) is 86.6 Å². The molecule has 1 N–H and O–H groups in total. The highest BCUT2D eigenvalue weighted by molar-refractivity contribution is 9.10. The first-order chi connectivity index (χ1) is 14.0. The molecule has 0 radical (unpaired) electrons. The van der Waals surface area contributed by atoms with E-state index >= 15 is 0 Å². The molecule has 0 aromatic heterocycles. The first-order valence-corrected chi connectivity index (χ1v) is 10.3. The number of nitrogens with zero attached hydrogens (tertiary/aromatic N) is 1. The summed E-state index contributed by atoms with van der Waals surface area (Å²) in [5.41, 5.74) is 1.89. The van der Waals surface area contributed by atoms with E-state index in [4.69, 9.17) is 0 Å². The van der Waals surface area contributed by atoms with E-state index in [1.165, 1.54) is 0 Å². The summed E-state index contributed by atoms with van der Waals surface area (Å²) in [6, 6.07) is 25.1. The quantitative estimate of drug-likeness (QED) is 0.518. The maximum Gasteiger partial charge on any atom is 0.259 e. The van der Waals surface area contributed by atoms with Crippen molar-refractivity contribution in [2.75, 3.05) is 10.2 Å². The van der Waals surface area contributed by atoms with E-state index in [9.17, 15) is 9.59 Å². The van der Waals surface area contributed by atoms with Crippen molar-refractivity contribution < 1.29 is 9.59 Å². The number of hydrogen-bond donors (Lipinski definition) is 1. The first-order valence-electron chi connectivity index (χ1n) is 9.48. The fourth-order valence-corrected chi connectivity index (χ4v) is 3.58. The Labute approximate surface area is 179 Å². The number of carbonyl (C=O) groups is 2. The van der Waals surface area contributed by atoms with Crippen molar-refractivity contribution in [3.8, 4) is 0 Å². The van der Waals surface area contributed by atoms with Gasteiger partial charge in [-0.2, -0.15) is 0 Å². The van der Waals surface area contributed by atoms with Crippen LogP contribution in [0.15, 0.2) is 89.4 Å². The third-order valence-electron chi connectivity index (χ3n) is 4.58. The lowest BCUT2D eigenvalue weighted by molar-refractivity contribution is -0.118. The number of nitrogens with one attached hydrogen (secondary N) is 1. The fraction of sp³-hybridized carbons (Fsp3) is 0.167. The Bertz CT molecular complexity index is 974. The van der Waals surface area contributed by atoms with Crippen molar-refractivity contribution >= 4 is 39.1 Å². The van der Waals surface area contributed by atoms with E-state index < -0.39 is 6.04 Å². The second-order valence-corrected chi connectivity index (χ2v) is 7.89. The number of hydrogen-bond acceptors (Lipinski definition) is 2. The molecule has 4 nitrogen and oxygen atoms in total. The van der Waals surface area contributed by atoms with Crippen molar-refractivity contribution in [2.24, 2.45) is 5.92 Å². The van der Waals surface area contributed by atoms with Crippen molar-refractivity contribution in [2.45, 2.75) is 19.9 Å². The molecule has 148 valence electrons. The molecule has 3 rings (SSSR count). The number of carbonyl (C=O) groups excluding carboxylic acids is 2. The summed E-state index contributed by atoms with van der Waals surface area (Å²) in [5.74, 6) is -0.553. The SMILES string of the molecule is CC(C)C(C(=O)Nc1ccccc1Br)N(C(=O)c1ccccc1)c1ccccc1. The molecule has 3 aromatic rings. The maximum absolute atomic E-state index is 13.5. The minimum absolute atomic E-state index is 0.106. The molecule has 0 saturated carbocycles. The van der Waals surface area contributed by atoms with Gasteiger partial charge in [-0.25, -0.2) is 0 Å². The highest BCUT2D eigenvalue weighted by Gasteiger charge is 2.34. The molecule has 0 aliphatic carbocycles. The molecule has 5 heteroatoms. The molecule has 0 heterocycles. The summed E-state index contributed by atoms with van der Waals surface area (Å²) in [6.45, 7) is 3.89. The molecule has 29 heavy (non-hydrogen) atoms. The first kappa shape index (κ1) is 20.8. The van der Waals surface area contributed by atoms with Crippen LogP contribution in [-0.2, 0) is 4.79 Å². The average molecular weight is 451 g/mol. The van der Waals surface area contributed by atoms with Gasteiger partial charge in [-0.1, -0.05) is 62.4 Å². The van der Waals surface area contributed by atoms with Gasteiger partial charge in [-0.15, -0.1) is 0 Å². The second-order valence-electron chi connectivity index (χ2n) is 7.03. The Morgan fingerprint density at radius 2 is 1.38 bits per heavy atom. The summed E-state index contributed by atoms with van der Waals surface area (Å²) in [7, 11) is 0. The Balaban J connectivity index is 2.02. The van der Waals surface area contributed by atoms with E-state index in [2.05, 4.69) is 21.2 Å². The molecule has 1 atom stereocenters. The summed E-state index contributed by atoms with van der Waals surface area (Å²) in [5, 5.41) is 2.97. The van der Waals surface area contributed by atoms with Gasteiger partial charge in [0.15, 0.2) is 0 Å². The van der Waals surface area contributed by atoms with Crippen LogP contribution in [0.5, 0.6) is 0 Å². The topological polar surface area (TPSA) is 49.4 Å². The van der Waals surface area contributed by atoms with Crippen molar-refractivity contribution in [1.82, 2.24) is 0 Å². The monoisotopic (exact) mass is 450 g/mol. The van der Waals surface area contributed by atoms with Gasteiger partial charge < -0.3 is 5.32 Å². The normalized spacial score (nSPS) is 11.7. The Morgan fingerprint density at radius 1 is 0.828 bits per heavy atom. The molecular formula is C24H23BrN2O2. The van der Waals surface area contributed by atoms with Gasteiger partial charge in [-0.05, 0) is 58.2 Å². The Hall–Kier alpha value is -2.92. The van der Waals surface area contributed by atoms with Crippen molar-refractivity contribution in [3.05, 3.63) is 95.0 Å². The predicted octanol–water partition coefficient (Wildman–Crippen LogP) is 5.76. The molecule has 2 amide bonds. The number of amides is 2. The summed E-state index contributed by atoms with van der Waals surface area (Å²) in [6.07, 6.45) is 0.